The third-order valence-corrected chi connectivity index (χ3v) is 11.2. The lowest BCUT2D eigenvalue weighted by Crippen LogP contribution is -2.58. The highest BCUT2D eigenvalue weighted by molar-refractivity contribution is 5.96. The van der Waals surface area contributed by atoms with Gasteiger partial charge in [0.05, 0.1) is 18.6 Å². The monoisotopic (exact) mass is 957 g/mol. The van der Waals surface area contributed by atoms with Crippen LogP contribution in [0.1, 0.15) is 75.4 Å². The van der Waals surface area contributed by atoms with E-state index in [1.165, 1.54) is 18.7 Å². The molecule has 0 radical (unpaired) electrons. The smallest absolute Gasteiger partial charge is 0.408 e. The van der Waals surface area contributed by atoms with Gasteiger partial charge < -0.3 is 49.7 Å². The molecule has 70 heavy (non-hydrogen) atoms. The van der Waals surface area contributed by atoms with Crippen LogP contribution in [0.25, 0.3) is 0 Å². The SMILES string of the molecule is C[C@@H](NC(=O)[C@@H]1CCCN1C(=O)[C@@H](Cc1ccc(OCc2ccccc2)cc1)NC(=O)OC(C)(C)C)C(=O)N[C@@H](Cc1cn(COCc2ccccc2)cn1)C(=O)N[C@H](C)C(=O)OCc1ccccc1. The number of esters is 1. The molecule has 1 aromatic heterocycles. The number of imidazole rings is 1. The Hall–Kier alpha value is -7.53. The fraction of sp³-hybridized carbons (Fsp3) is 0.377. The van der Waals surface area contributed by atoms with Gasteiger partial charge in [0.25, 0.3) is 0 Å². The number of nitrogens with one attached hydrogen (secondary N) is 4. The third kappa shape index (κ3) is 16.3. The minimum absolute atomic E-state index is 0.00546. The summed E-state index contributed by atoms with van der Waals surface area (Å²) in [6.45, 7) is 9.25. The number of amides is 5. The van der Waals surface area contributed by atoms with Crippen molar-refractivity contribution in [3.63, 3.8) is 0 Å². The van der Waals surface area contributed by atoms with E-state index in [4.69, 9.17) is 18.9 Å². The maximum atomic E-state index is 14.4. The van der Waals surface area contributed by atoms with Gasteiger partial charge in [0.2, 0.25) is 23.6 Å². The molecule has 5 aromatic rings. The largest absolute Gasteiger partial charge is 0.489 e. The van der Waals surface area contributed by atoms with Gasteiger partial charge in [-0.3, -0.25) is 19.2 Å². The van der Waals surface area contributed by atoms with Gasteiger partial charge in [-0.05, 0) is 81.8 Å². The normalized spacial score (nSPS) is 15.1. The van der Waals surface area contributed by atoms with Gasteiger partial charge >= 0.3 is 12.1 Å². The molecule has 1 aliphatic heterocycles. The highest BCUT2D eigenvalue weighted by Gasteiger charge is 2.39. The van der Waals surface area contributed by atoms with Gasteiger partial charge in [-0.15, -0.1) is 0 Å². The molecule has 5 atom stereocenters. The predicted molar refractivity (Wildman–Crippen MR) is 259 cm³/mol. The molecule has 1 aliphatic rings. The van der Waals surface area contributed by atoms with E-state index in [0.717, 1.165) is 22.3 Å². The average molecular weight is 958 g/mol. The molecule has 5 amide bonds. The summed E-state index contributed by atoms with van der Waals surface area (Å²) in [7, 11) is 0. The summed E-state index contributed by atoms with van der Waals surface area (Å²) in [4.78, 5) is 87.9. The van der Waals surface area contributed by atoms with Crippen LogP contribution in [0.15, 0.2) is 128 Å². The van der Waals surface area contributed by atoms with Crippen LogP contribution in [0.5, 0.6) is 5.75 Å². The van der Waals surface area contributed by atoms with Crippen molar-refractivity contribution in [2.75, 3.05) is 6.54 Å². The van der Waals surface area contributed by atoms with E-state index in [-0.39, 0.29) is 32.7 Å². The number of nitrogens with zero attached hydrogens (tertiary/aromatic N) is 3. The summed E-state index contributed by atoms with van der Waals surface area (Å²) in [5.41, 5.74) is 3.11. The van der Waals surface area contributed by atoms with Crippen LogP contribution in [-0.4, -0.2) is 92.5 Å². The topological polar surface area (TPSA) is 209 Å². The number of aromatic nitrogens is 2. The van der Waals surface area contributed by atoms with Crippen molar-refractivity contribution >= 4 is 35.7 Å². The molecule has 0 aliphatic carbocycles. The lowest BCUT2D eigenvalue weighted by molar-refractivity contribution is -0.148. The Morgan fingerprint density at radius 1 is 0.671 bits per heavy atom. The Kier molecular flexibility index (Phi) is 18.7. The first-order valence-corrected chi connectivity index (χ1v) is 23.4. The van der Waals surface area contributed by atoms with E-state index in [9.17, 15) is 28.8 Å². The zero-order valence-electron chi connectivity index (χ0n) is 40.3. The minimum atomic E-state index is -1.24. The second-order valence-corrected chi connectivity index (χ2v) is 18.2. The Balaban J connectivity index is 1.10. The number of ether oxygens (including phenoxy) is 4. The third-order valence-electron chi connectivity index (χ3n) is 11.2. The van der Waals surface area contributed by atoms with Crippen molar-refractivity contribution in [2.24, 2.45) is 0 Å². The number of alkyl carbamates (subject to hydrolysis) is 1. The number of benzene rings is 4. The molecule has 0 saturated carbocycles. The van der Waals surface area contributed by atoms with E-state index in [2.05, 4.69) is 26.3 Å². The molecule has 0 bridgehead atoms. The van der Waals surface area contributed by atoms with Crippen molar-refractivity contribution in [1.29, 1.82) is 0 Å². The highest BCUT2D eigenvalue weighted by Crippen LogP contribution is 2.22. The molecule has 1 fully saturated rings. The zero-order chi connectivity index (χ0) is 50.0. The molecular weight excluding hydrogens is 895 g/mol. The summed E-state index contributed by atoms with van der Waals surface area (Å²) in [6, 6.07) is 30.1. The first-order valence-electron chi connectivity index (χ1n) is 23.4. The number of carbonyl (C=O) groups is 6. The fourth-order valence-electron chi connectivity index (χ4n) is 7.59. The van der Waals surface area contributed by atoms with Crippen molar-refractivity contribution in [2.45, 2.75) is 123 Å². The Morgan fingerprint density at radius 3 is 1.91 bits per heavy atom. The number of hydrogen-bond acceptors (Lipinski definition) is 11. The summed E-state index contributed by atoms with van der Waals surface area (Å²) in [6.07, 6.45) is 3.26. The Morgan fingerprint density at radius 2 is 1.29 bits per heavy atom. The average Bonchev–Trinajstić information content (AvgIpc) is 4.03. The van der Waals surface area contributed by atoms with Crippen molar-refractivity contribution in [3.05, 3.63) is 156 Å². The standard InChI is InChI=1S/C53H63N7O10/c1-36(47(61)57-44(48(62)56-37(2)51(65)69-33-41-20-13-8-14-21-41)29-42-30-59(34-54-42)35-67-31-39-16-9-6-10-17-39)55-49(63)46-22-15-27-60(46)50(64)45(58-52(66)70-53(3,4)5)28-38-23-25-43(26-24-38)68-32-40-18-11-7-12-19-40/h6-14,16-21,23-26,30,34,36-37,44-46H,15,22,27-29,31-33,35H2,1-5H3,(H,55,63)(H,56,62)(H,57,61)(H,58,66)/t36-,37-,44+,45-,46+/m1/s1. The molecule has 4 N–H and O–H groups in total. The quantitative estimate of drug-likeness (QED) is 0.0633. The zero-order valence-corrected chi connectivity index (χ0v) is 40.3. The lowest BCUT2D eigenvalue weighted by Gasteiger charge is -2.30. The lowest BCUT2D eigenvalue weighted by atomic mass is 10.0. The van der Waals surface area contributed by atoms with Crippen LogP contribution in [0.4, 0.5) is 4.79 Å². The van der Waals surface area contributed by atoms with Gasteiger partial charge in [-0.25, -0.2) is 14.6 Å². The van der Waals surface area contributed by atoms with Crippen LogP contribution in [0.2, 0.25) is 0 Å². The van der Waals surface area contributed by atoms with Crippen LogP contribution >= 0.6 is 0 Å². The van der Waals surface area contributed by atoms with E-state index in [0.29, 0.717) is 37.5 Å². The molecule has 6 rings (SSSR count). The van der Waals surface area contributed by atoms with E-state index >= 15 is 0 Å². The molecule has 370 valence electrons. The van der Waals surface area contributed by atoms with E-state index in [1.54, 1.807) is 50.0 Å². The second kappa shape index (κ2) is 25.2. The Bertz CT molecular complexity index is 2500. The number of likely N-dealkylation sites (tertiary alicyclic amines) is 1. The maximum Gasteiger partial charge on any atom is 0.408 e. The van der Waals surface area contributed by atoms with Gasteiger partial charge in [-0.1, -0.05) is 103 Å². The number of hydrogen-bond donors (Lipinski definition) is 4. The first-order chi connectivity index (χ1) is 33.6. The molecule has 17 nitrogen and oxygen atoms in total. The van der Waals surface area contributed by atoms with Crippen molar-refractivity contribution in [3.8, 4) is 5.75 Å². The maximum absolute atomic E-state index is 14.4. The van der Waals surface area contributed by atoms with Gasteiger partial charge in [0.15, 0.2) is 0 Å². The van der Waals surface area contributed by atoms with Gasteiger partial charge in [-0.2, -0.15) is 0 Å². The number of rotatable bonds is 22. The predicted octanol–water partition coefficient (Wildman–Crippen LogP) is 5.54. The Labute approximate surface area is 408 Å². The molecule has 17 heteroatoms. The summed E-state index contributed by atoms with van der Waals surface area (Å²) < 4.78 is 24.4. The van der Waals surface area contributed by atoms with E-state index < -0.39 is 71.5 Å². The molecule has 0 spiro atoms. The molecule has 2 heterocycles. The molecule has 4 aromatic carbocycles. The molecular formula is C53H63N7O10. The minimum Gasteiger partial charge on any atom is -0.489 e. The van der Waals surface area contributed by atoms with Gasteiger partial charge in [0.1, 0.15) is 61.5 Å². The summed E-state index contributed by atoms with van der Waals surface area (Å²) in [5.74, 6) is -2.52. The van der Waals surface area contributed by atoms with Crippen molar-refractivity contribution in [1.82, 2.24) is 35.7 Å². The first kappa shape index (κ1) is 51.9. The van der Waals surface area contributed by atoms with Gasteiger partial charge in [0, 0.05) is 25.6 Å². The highest BCUT2D eigenvalue weighted by atomic mass is 16.6. The number of carbonyl (C=O) groups excluding carboxylic acids is 6. The van der Waals surface area contributed by atoms with Crippen LogP contribution in [0, 0.1) is 0 Å². The van der Waals surface area contributed by atoms with Crippen LogP contribution in [-0.2, 0) is 77.6 Å². The second-order valence-electron chi connectivity index (χ2n) is 18.2. The van der Waals surface area contributed by atoms with Crippen LogP contribution in [0.3, 0.4) is 0 Å². The fourth-order valence-corrected chi connectivity index (χ4v) is 7.59. The summed E-state index contributed by atoms with van der Waals surface area (Å²) >= 11 is 0. The molecule has 0 unspecified atom stereocenters. The van der Waals surface area contributed by atoms with Crippen LogP contribution < -0.4 is 26.0 Å². The molecule has 1 saturated heterocycles. The van der Waals surface area contributed by atoms with Crippen molar-refractivity contribution < 1.29 is 47.7 Å². The van der Waals surface area contributed by atoms with E-state index in [1.807, 2.05) is 103 Å². The summed E-state index contributed by atoms with van der Waals surface area (Å²) in [5, 5.41) is 10.8.